The van der Waals surface area contributed by atoms with Crippen molar-refractivity contribution in [2.24, 2.45) is 5.10 Å². The lowest BCUT2D eigenvalue weighted by Gasteiger charge is -2.33. The number of esters is 1. The Morgan fingerprint density at radius 1 is 1.19 bits per heavy atom. The maximum atomic E-state index is 11.6. The van der Waals surface area contributed by atoms with Crippen molar-refractivity contribution in [1.82, 2.24) is 5.43 Å². The number of methoxy groups -OCH3 is 1. The molecule has 0 aromatic heterocycles. The van der Waals surface area contributed by atoms with Crippen LogP contribution in [0.3, 0.4) is 0 Å². The van der Waals surface area contributed by atoms with Gasteiger partial charge in [0.25, 0.3) is 0 Å². The van der Waals surface area contributed by atoms with Crippen LogP contribution in [-0.4, -0.2) is 42.7 Å². The second-order valence-corrected chi connectivity index (χ2v) is 8.05. The number of hydrazone groups is 1. The molecular weight excluding hydrogens is 430 g/mol. The summed E-state index contributed by atoms with van der Waals surface area (Å²) in [6, 6.07) is 12.8. The van der Waals surface area contributed by atoms with Crippen LogP contribution in [0.2, 0.25) is 0 Å². The second-order valence-electron chi connectivity index (χ2n) is 7.64. The first-order valence-electron chi connectivity index (χ1n) is 10.2. The highest BCUT2D eigenvalue weighted by atomic mass is 32.1. The molecule has 0 atom stereocenters. The van der Waals surface area contributed by atoms with E-state index in [1.807, 2.05) is 38.1 Å². The summed E-state index contributed by atoms with van der Waals surface area (Å²) in [6.45, 7) is 5.87. The summed E-state index contributed by atoms with van der Waals surface area (Å²) in [5, 5.41) is 7.96. The molecule has 0 saturated carbocycles. The van der Waals surface area contributed by atoms with E-state index in [4.69, 9.17) is 31.2 Å². The van der Waals surface area contributed by atoms with Gasteiger partial charge in [-0.2, -0.15) is 5.10 Å². The zero-order chi connectivity index (χ0) is 23.1. The smallest absolute Gasteiger partial charge is 0.344 e. The molecule has 0 bridgehead atoms. The maximum Gasteiger partial charge on any atom is 0.344 e. The number of ether oxygens (including phenoxy) is 4. The van der Waals surface area contributed by atoms with Crippen LogP contribution in [0.25, 0.3) is 0 Å². The monoisotopic (exact) mass is 457 g/mol. The van der Waals surface area contributed by atoms with Crippen molar-refractivity contribution >= 4 is 34.7 Å². The summed E-state index contributed by atoms with van der Waals surface area (Å²) in [6.07, 6.45) is 0.555. The normalized spacial score (nSPS) is 15.2. The minimum atomic E-state index is -0.439. The summed E-state index contributed by atoms with van der Waals surface area (Å²) < 4.78 is 21.7. The molecule has 2 aromatic carbocycles. The van der Waals surface area contributed by atoms with E-state index < -0.39 is 11.6 Å². The zero-order valence-electron chi connectivity index (χ0n) is 18.6. The van der Waals surface area contributed by atoms with Crippen LogP contribution in [0.1, 0.15) is 32.8 Å². The predicted molar refractivity (Wildman–Crippen MR) is 127 cm³/mol. The SMILES string of the molecule is CCOC(=O)COc1ccc2c(c1)C(=NNC(=S)Nc1ccc(OC)cc1)CC(C)(C)O2. The van der Waals surface area contributed by atoms with E-state index in [1.54, 1.807) is 32.2 Å². The maximum absolute atomic E-state index is 11.6. The minimum absolute atomic E-state index is 0.167. The first kappa shape index (κ1) is 23.3. The van der Waals surface area contributed by atoms with Crippen LogP contribution in [0.15, 0.2) is 47.6 Å². The van der Waals surface area contributed by atoms with Gasteiger partial charge in [-0.3, -0.25) is 5.43 Å². The fourth-order valence-corrected chi connectivity index (χ4v) is 3.31. The van der Waals surface area contributed by atoms with Gasteiger partial charge in [-0.05, 0) is 75.5 Å². The molecular formula is C23H27N3O5S. The number of carbonyl (C=O) groups excluding carboxylic acids is 1. The van der Waals surface area contributed by atoms with Gasteiger partial charge in [0, 0.05) is 17.7 Å². The number of thiocarbonyl (C=S) groups is 1. The number of benzene rings is 2. The summed E-state index contributed by atoms with van der Waals surface area (Å²) in [7, 11) is 1.62. The Kier molecular flexibility index (Phi) is 7.53. The molecule has 0 spiro atoms. The van der Waals surface area contributed by atoms with Crippen LogP contribution in [0.5, 0.6) is 17.2 Å². The van der Waals surface area contributed by atoms with E-state index in [9.17, 15) is 4.79 Å². The molecule has 0 aliphatic carbocycles. The predicted octanol–water partition coefficient (Wildman–Crippen LogP) is 3.89. The number of hydrogen-bond donors (Lipinski definition) is 2. The van der Waals surface area contributed by atoms with Gasteiger partial charge < -0.3 is 24.3 Å². The molecule has 32 heavy (non-hydrogen) atoms. The van der Waals surface area contributed by atoms with Gasteiger partial charge in [0.05, 0.1) is 19.4 Å². The highest BCUT2D eigenvalue weighted by Gasteiger charge is 2.31. The van der Waals surface area contributed by atoms with Crippen molar-refractivity contribution < 1.29 is 23.7 Å². The van der Waals surface area contributed by atoms with Gasteiger partial charge in [0.15, 0.2) is 11.7 Å². The second kappa shape index (κ2) is 10.3. The third kappa shape index (κ3) is 6.34. The fraction of sp³-hybridized carbons (Fsp3) is 0.348. The number of nitrogens with zero attached hydrogens (tertiary/aromatic N) is 1. The lowest BCUT2D eigenvalue weighted by atomic mass is 9.92. The topological polar surface area (TPSA) is 90.4 Å². The molecule has 0 fully saturated rings. The average Bonchev–Trinajstić information content (AvgIpc) is 2.76. The number of rotatable bonds is 7. The molecule has 3 rings (SSSR count). The van der Waals surface area contributed by atoms with Crippen molar-refractivity contribution in [3.63, 3.8) is 0 Å². The van der Waals surface area contributed by atoms with E-state index in [1.165, 1.54) is 0 Å². The Bertz CT molecular complexity index is 1010. The van der Waals surface area contributed by atoms with Gasteiger partial charge in [-0.15, -0.1) is 0 Å². The summed E-state index contributed by atoms with van der Waals surface area (Å²) >= 11 is 5.37. The average molecular weight is 458 g/mol. The quantitative estimate of drug-likeness (QED) is 0.368. The van der Waals surface area contributed by atoms with Gasteiger partial charge in [0.2, 0.25) is 0 Å². The van der Waals surface area contributed by atoms with Crippen molar-refractivity contribution in [3.05, 3.63) is 48.0 Å². The lowest BCUT2D eigenvalue weighted by Crippen LogP contribution is -2.37. The third-order valence-corrected chi connectivity index (χ3v) is 4.74. The highest BCUT2D eigenvalue weighted by Crippen LogP contribution is 2.35. The molecule has 2 N–H and O–H groups in total. The minimum Gasteiger partial charge on any atom is -0.497 e. The number of anilines is 1. The van der Waals surface area contributed by atoms with E-state index in [-0.39, 0.29) is 6.61 Å². The largest absolute Gasteiger partial charge is 0.497 e. The summed E-state index contributed by atoms with van der Waals surface area (Å²) in [4.78, 5) is 11.6. The van der Waals surface area contributed by atoms with Crippen LogP contribution < -0.4 is 25.0 Å². The molecule has 8 nitrogen and oxygen atoms in total. The molecule has 0 amide bonds. The van der Waals surface area contributed by atoms with Crippen molar-refractivity contribution in [3.8, 4) is 17.2 Å². The van der Waals surface area contributed by atoms with Gasteiger partial charge >= 0.3 is 5.97 Å². The van der Waals surface area contributed by atoms with Gasteiger partial charge in [-0.25, -0.2) is 4.79 Å². The molecule has 1 aliphatic rings. The van der Waals surface area contributed by atoms with E-state index in [0.717, 1.165) is 22.7 Å². The molecule has 0 saturated heterocycles. The standard InChI is InChI=1S/C23H27N3O5S/c1-5-29-21(27)14-30-17-10-11-20-18(12-17)19(13-23(2,3)31-20)25-26-22(32)24-15-6-8-16(28-4)9-7-15/h6-12H,5,13-14H2,1-4H3,(H2,24,26,32). The van der Waals surface area contributed by atoms with Crippen LogP contribution in [-0.2, 0) is 9.53 Å². The Labute approximate surface area is 192 Å². The van der Waals surface area contributed by atoms with E-state index >= 15 is 0 Å². The van der Waals surface area contributed by atoms with Gasteiger partial charge in [0.1, 0.15) is 22.8 Å². The Hall–Kier alpha value is -3.33. The molecule has 2 aromatic rings. The molecule has 1 aliphatic heterocycles. The molecule has 1 heterocycles. The van der Waals surface area contributed by atoms with E-state index in [0.29, 0.717) is 29.6 Å². The third-order valence-electron chi connectivity index (χ3n) is 4.54. The Morgan fingerprint density at radius 2 is 1.91 bits per heavy atom. The lowest BCUT2D eigenvalue weighted by molar-refractivity contribution is -0.145. The number of carbonyl (C=O) groups is 1. The molecule has 9 heteroatoms. The summed E-state index contributed by atoms with van der Waals surface area (Å²) in [5.41, 5.74) is 4.80. The molecule has 170 valence electrons. The van der Waals surface area contributed by atoms with Crippen molar-refractivity contribution in [1.29, 1.82) is 0 Å². The highest BCUT2D eigenvalue weighted by molar-refractivity contribution is 7.80. The Morgan fingerprint density at radius 3 is 2.59 bits per heavy atom. The zero-order valence-corrected chi connectivity index (χ0v) is 19.4. The van der Waals surface area contributed by atoms with Crippen molar-refractivity contribution in [2.75, 3.05) is 25.6 Å². The van der Waals surface area contributed by atoms with Crippen LogP contribution in [0.4, 0.5) is 5.69 Å². The summed E-state index contributed by atoms with van der Waals surface area (Å²) in [5.74, 6) is 1.54. The van der Waals surface area contributed by atoms with Crippen LogP contribution in [0, 0.1) is 0 Å². The van der Waals surface area contributed by atoms with Crippen LogP contribution >= 0.6 is 12.2 Å². The molecule has 0 radical (unpaired) electrons. The molecule has 0 unspecified atom stereocenters. The van der Waals surface area contributed by atoms with E-state index in [2.05, 4.69) is 15.8 Å². The van der Waals surface area contributed by atoms with Gasteiger partial charge in [-0.1, -0.05) is 0 Å². The number of nitrogens with one attached hydrogen (secondary N) is 2. The van der Waals surface area contributed by atoms with Crippen molar-refractivity contribution in [2.45, 2.75) is 32.8 Å². The number of fused-ring (bicyclic) bond motifs is 1. The fourth-order valence-electron chi connectivity index (χ4n) is 3.14. The first-order valence-corrected chi connectivity index (χ1v) is 10.6. The first-order chi connectivity index (χ1) is 15.3. The Balaban J connectivity index is 1.73. The number of hydrogen-bond acceptors (Lipinski definition) is 7.